The molecule has 1 unspecified atom stereocenters. The summed E-state index contributed by atoms with van der Waals surface area (Å²) >= 11 is 4.35. The number of aliphatic hydroxyl groups is 6. The van der Waals surface area contributed by atoms with Crippen LogP contribution in [0.25, 0.3) is 49.3 Å². The van der Waals surface area contributed by atoms with Crippen LogP contribution in [0.2, 0.25) is 0 Å². The van der Waals surface area contributed by atoms with Crippen LogP contribution in [-0.2, 0) is 65.5 Å². The van der Waals surface area contributed by atoms with Gasteiger partial charge in [0.25, 0.3) is 29.5 Å². The van der Waals surface area contributed by atoms with E-state index in [0.29, 0.717) is 0 Å². The second-order valence-electron chi connectivity index (χ2n) is 27.1. The number of benzene rings is 1. The highest BCUT2D eigenvalue weighted by atomic mass is 32.1. The van der Waals surface area contributed by atoms with E-state index in [0.717, 1.165) is 61.4 Å². The molecule has 1 aromatic carbocycles. The third-order valence-electron chi connectivity index (χ3n) is 18.9. The first kappa shape index (κ1) is 81.2. The molecule has 0 saturated carbocycles. The van der Waals surface area contributed by atoms with Gasteiger partial charge in [0.15, 0.2) is 24.4 Å². The van der Waals surface area contributed by atoms with E-state index in [9.17, 15) is 54.9 Å². The highest BCUT2D eigenvalue weighted by Crippen LogP contribution is 2.43. The van der Waals surface area contributed by atoms with E-state index in [-0.39, 0.29) is 136 Å². The van der Waals surface area contributed by atoms with Crippen LogP contribution in [0.4, 0.5) is 0 Å². The van der Waals surface area contributed by atoms with Crippen molar-refractivity contribution >= 4 is 121 Å². The lowest BCUT2D eigenvalue weighted by atomic mass is 9.85. The minimum Gasteiger partial charge on any atom is -0.506 e. The Morgan fingerprint density at radius 3 is 2.23 bits per heavy atom. The molecule has 12 bridgehead atoms. The van der Waals surface area contributed by atoms with E-state index in [2.05, 4.69) is 48.1 Å². The maximum atomic E-state index is 15.8. The van der Waals surface area contributed by atoms with Gasteiger partial charge in [-0.1, -0.05) is 18.7 Å². The van der Waals surface area contributed by atoms with Crippen molar-refractivity contribution in [2.45, 2.75) is 145 Å². The summed E-state index contributed by atoms with van der Waals surface area (Å²) in [5.41, 5.74) is 1.95. The number of esters is 2. The van der Waals surface area contributed by atoms with Crippen LogP contribution in [0.1, 0.15) is 131 Å². The van der Waals surface area contributed by atoms with Gasteiger partial charge in [0, 0.05) is 56.3 Å². The van der Waals surface area contributed by atoms with Crippen LogP contribution < -0.4 is 37.2 Å². The van der Waals surface area contributed by atoms with Gasteiger partial charge < -0.3 is 116 Å². The van der Waals surface area contributed by atoms with Gasteiger partial charge in [-0.2, -0.15) is 4.73 Å². The molecule has 13 rings (SSSR count). The van der Waals surface area contributed by atoms with Crippen molar-refractivity contribution in [3.05, 3.63) is 124 Å². The number of allylic oxidation sites excluding steroid dienone is 1. The number of aromatic nitrogens is 7. The molecule has 2 fully saturated rings. The average molecular weight is 1660 g/mol. The number of carbonyl (C=O) groups excluding carboxylic acids is 8. The van der Waals surface area contributed by atoms with Gasteiger partial charge in [0.2, 0.25) is 5.91 Å². The first-order chi connectivity index (χ1) is 53.9. The molecule has 0 aliphatic carbocycles. The Kier molecular flexibility index (Phi) is 24.2. The van der Waals surface area contributed by atoms with E-state index >= 15 is 19.2 Å². The second kappa shape index (κ2) is 33.7. The fourth-order valence-corrected chi connectivity index (χ4v) is 17.7. The number of nitrogens with two attached hydrogens (primary N) is 1. The van der Waals surface area contributed by atoms with Crippen molar-refractivity contribution in [1.82, 2.24) is 66.1 Å². The molecule has 7 aromatic heterocycles. The molecular formula is C70H76N14O24S5. The number of thiazole rings is 5. The number of carbonyl (C=O) groups is 8. The summed E-state index contributed by atoms with van der Waals surface area (Å²) in [4.78, 5) is 153. The second-order valence-corrected chi connectivity index (χ2v) is 31.4. The summed E-state index contributed by atoms with van der Waals surface area (Å²) in [7, 11) is 4.80. The van der Waals surface area contributed by atoms with E-state index in [1.165, 1.54) is 53.9 Å². The zero-order chi connectivity index (χ0) is 80.8. The molecule has 15 atom stereocenters. The normalized spacial score (nSPS) is 26.5. The van der Waals surface area contributed by atoms with Gasteiger partial charge in [-0.25, -0.2) is 39.5 Å². The van der Waals surface area contributed by atoms with Gasteiger partial charge in [-0.05, 0) is 59.5 Å². The number of primary amides is 1. The number of rotatable bonds is 16. The number of likely N-dealkylation sites (N-methyl/N-ethyl adjacent to an activating group) is 1. The number of cyclic esters (lactones) is 2. The lowest BCUT2D eigenvalue weighted by molar-refractivity contribution is -0.301. The molecule has 43 heteroatoms. The Hall–Kier alpha value is -9.78. The molecule has 600 valence electrons. The number of aliphatic hydroxyl groups excluding tert-OH is 5. The predicted molar refractivity (Wildman–Crippen MR) is 399 cm³/mol. The van der Waals surface area contributed by atoms with Crippen LogP contribution in [0.3, 0.4) is 0 Å². The lowest BCUT2D eigenvalue weighted by Crippen LogP contribution is -2.62. The predicted octanol–water partition coefficient (Wildman–Crippen LogP) is 1.29. The molecule has 38 nitrogen and oxygen atoms in total. The van der Waals surface area contributed by atoms with Gasteiger partial charge in [-0.3, -0.25) is 28.8 Å². The van der Waals surface area contributed by atoms with Crippen LogP contribution in [0, 0.1) is 0 Å². The Bertz CT molecular complexity index is 5050. The average Bonchev–Trinajstić information content (AvgIpc) is 1.64. The number of pyridine rings is 1. The topological polar surface area (TPSA) is 533 Å². The lowest BCUT2D eigenvalue weighted by Gasteiger charge is -2.48. The summed E-state index contributed by atoms with van der Waals surface area (Å²) in [6.07, 6.45) is -15.9. The Labute approximate surface area is 660 Å². The van der Waals surface area contributed by atoms with E-state index in [4.69, 9.17) is 63.4 Å². The van der Waals surface area contributed by atoms with Crippen molar-refractivity contribution in [3.8, 4) is 38.4 Å². The Morgan fingerprint density at radius 2 is 1.51 bits per heavy atom. The number of nitrogens with zero attached hydrogens (tertiary/aromatic N) is 8. The number of fused-ring (bicyclic) bond motifs is 15. The van der Waals surface area contributed by atoms with Crippen molar-refractivity contribution in [2.75, 3.05) is 47.6 Å². The zero-order valence-electron chi connectivity index (χ0n) is 60.9. The molecule has 6 amide bonds. The number of methoxy groups -OCH3 is 1. The molecule has 5 aliphatic heterocycles. The van der Waals surface area contributed by atoms with Crippen LogP contribution in [-0.4, -0.2) is 249 Å². The first-order valence-electron chi connectivity index (χ1n) is 34.8. The van der Waals surface area contributed by atoms with E-state index in [1.54, 1.807) is 51.0 Å². The first-order valence-corrected chi connectivity index (χ1v) is 39.2. The summed E-state index contributed by atoms with van der Waals surface area (Å²) in [5.74, 6) is -8.50. The largest absolute Gasteiger partial charge is 0.506 e. The molecule has 14 N–H and O–H groups in total. The van der Waals surface area contributed by atoms with Crippen molar-refractivity contribution in [1.29, 1.82) is 0 Å². The Balaban J connectivity index is 0.983. The summed E-state index contributed by atoms with van der Waals surface area (Å²) in [5, 5.41) is 97.1. The number of nitrogens with one attached hydrogen (secondary N) is 5. The molecule has 0 radical (unpaired) electrons. The molecule has 113 heavy (non-hydrogen) atoms. The van der Waals surface area contributed by atoms with Crippen LogP contribution in [0.15, 0.2) is 69.2 Å². The smallest absolute Gasteiger partial charge is 0.358 e. The van der Waals surface area contributed by atoms with Crippen molar-refractivity contribution < 1.29 is 117 Å². The van der Waals surface area contributed by atoms with Gasteiger partial charge in [0.05, 0.1) is 62.0 Å². The van der Waals surface area contributed by atoms with Gasteiger partial charge in [0.1, 0.15) is 151 Å². The Morgan fingerprint density at radius 1 is 0.832 bits per heavy atom. The third kappa shape index (κ3) is 16.8. The molecule has 8 aromatic rings. The van der Waals surface area contributed by atoms with Crippen molar-refractivity contribution in [2.24, 2.45) is 5.73 Å². The monoisotopic (exact) mass is 1660 g/mol. The molecule has 0 spiro atoms. The number of aromatic hydroxyl groups is 1. The molecular weight excluding hydrogens is 1580 g/mol. The maximum absolute atomic E-state index is 15.8. The molecule has 12 heterocycles. The summed E-state index contributed by atoms with van der Waals surface area (Å²) < 4.78 is 50.9. The standard InChI is InChI=1S/C70H76N14O24S5/c1-26(56(71)91)72-57(92)35-23-112-65(77-35)47-40(87)15-31-46(79-47)34-21-110-63(74-34)33-20-104-67(97)49-32-19-102-53(48(66-78-36(24-113-66)58(93)73-33)82-60(95)38-25-111-64(76-38)45(28(3)100-8)81-61(96)44(27(2)86)80-59(94)37-22-109-62(31)75-37)54(108-42-16-70(5,99)55(83(6)7)29(4)106-42)68(98)103-18-30-11-9-12-39(43(30)32)84(49)105-14-10-13-101-69-52(90)51(89)50(88)41(17-85)107-69/h9,11-12,15,21-25,27,29,33,41-42,44,48,50-55,69,85-90,99H,1,10,13-14,16-20H2,2-8H3,(H2,71,91)(H,72,92)(H,73,93)(H,80,94)(H,81,96)(H,82,95)/b45-28+/t27-,29+,33+,41-,42+,44+,48+,50-,51+,52-,53+,54+,55-,69?,70+/m1/s1. The number of hydrogen-bond donors (Lipinski definition) is 13. The zero-order valence-corrected chi connectivity index (χ0v) is 65.0. The van der Waals surface area contributed by atoms with E-state index in [1.807, 2.05) is 0 Å². The summed E-state index contributed by atoms with van der Waals surface area (Å²) in [6, 6.07) is 0.546. The number of amides is 6. The minimum atomic E-state index is -1.98. The quantitative estimate of drug-likeness (QED) is 0.0280. The van der Waals surface area contributed by atoms with Gasteiger partial charge >= 0.3 is 11.9 Å². The van der Waals surface area contributed by atoms with Crippen molar-refractivity contribution in [3.63, 3.8) is 0 Å². The fourth-order valence-electron chi connectivity index (χ4n) is 13.5. The van der Waals surface area contributed by atoms with Crippen LogP contribution in [0.5, 0.6) is 5.75 Å². The highest BCUT2D eigenvalue weighted by molar-refractivity contribution is 7.14. The third-order valence-corrected chi connectivity index (χ3v) is 23.4. The number of hydrogen-bond acceptors (Lipinski definition) is 36. The SMILES string of the molecule is C=C(NC(=O)c1csc(-c2nc3c(cc2O)-c2nc(cs2)C(=O)N[C@@H]([C@@H](C)O)C(=O)N/C(=C(\C)OC)c2nc(cs2)C(=O)N[C@@H]2c4nc(cs4)C(=O)N[C@@H](COC(=O)c4c5c6c(cccc6n4OCCCOC4O[C@H](CO)[C@@H](O)[C@H](O)[C@H]4O)COC(=O)[C@@H](O[C@H]4C[C@](C)(O)[C@H](N(C)C)[C@H](C)O4)[C@H]2OC5)c2nc-3cs2)n1)C(N)=O. The maximum Gasteiger partial charge on any atom is 0.358 e. The fraction of sp³-hybridized carbons (Fsp3) is 0.429. The summed E-state index contributed by atoms with van der Waals surface area (Å²) in [6.45, 7) is 6.23. The number of ether oxygens (including phenoxy) is 8. The van der Waals surface area contributed by atoms with Gasteiger partial charge in [-0.15, -0.1) is 56.7 Å². The highest BCUT2D eigenvalue weighted by Gasteiger charge is 2.51. The molecule has 2 saturated heterocycles. The van der Waals surface area contributed by atoms with Crippen LogP contribution >= 0.6 is 56.7 Å². The van der Waals surface area contributed by atoms with E-state index < -0.39 is 176 Å². The minimum absolute atomic E-state index is 0.00500. The molecule has 5 aliphatic rings.